The second kappa shape index (κ2) is 10.4. The Morgan fingerprint density at radius 1 is 1.23 bits per heavy atom. The lowest BCUT2D eigenvalue weighted by Gasteiger charge is -2.36. The molecule has 2 amide bonds. The Labute approximate surface area is 158 Å². The number of amides is 2. The van der Waals surface area contributed by atoms with Gasteiger partial charge >= 0.3 is 0 Å². The smallest absolute Gasteiger partial charge is 0.236 e. The fourth-order valence-corrected chi connectivity index (χ4v) is 3.31. The van der Waals surface area contributed by atoms with Gasteiger partial charge in [0.05, 0.1) is 6.04 Å². The van der Waals surface area contributed by atoms with Crippen LogP contribution in [0.4, 0.5) is 10.1 Å². The van der Waals surface area contributed by atoms with E-state index in [-0.39, 0.29) is 24.1 Å². The highest BCUT2D eigenvalue weighted by atomic mass is 32.2. The molecule has 1 aliphatic heterocycles. The Morgan fingerprint density at radius 2 is 1.88 bits per heavy atom. The lowest BCUT2D eigenvalue weighted by molar-refractivity contribution is -0.131. The van der Waals surface area contributed by atoms with Crippen molar-refractivity contribution in [3.63, 3.8) is 0 Å². The summed E-state index contributed by atoms with van der Waals surface area (Å²) in [6, 6.07) is 5.88. The minimum atomic E-state index is -0.517. The van der Waals surface area contributed by atoms with E-state index in [1.807, 2.05) is 6.26 Å². The van der Waals surface area contributed by atoms with Gasteiger partial charge in [-0.15, -0.1) is 0 Å². The van der Waals surface area contributed by atoms with Gasteiger partial charge in [0, 0.05) is 44.8 Å². The SMILES string of the molecule is CSCC[C@H](N)C(=O)NCCC(=O)N1CCN(c2ccc(F)cc2)CC1. The highest BCUT2D eigenvalue weighted by Gasteiger charge is 2.21. The molecule has 8 heteroatoms. The first kappa shape index (κ1) is 20.5. The van der Waals surface area contributed by atoms with Crippen LogP contribution in [-0.2, 0) is 9.59 Å². The number of anilines is 1. The van der Waals surface area contributed by atoms with Gasteiger partial charge in [-0.05, 0) is 42.7 Å². The lowest BCUT2D eigenvalue weighted by Crippen LogP contribution is -2.49. The van der Waals surface area contributed by atoms with Crippen molar-refractivity contribution in [2.45, 2.75) is 18.9 Å². The Hall–Kier alpha value is -1.80. The van der Waals surface area contributed by atoms with Crippen molar-refractivity contribution in [1.29, 1.82) is 0 Å². The predicted molar refractivity (Wildman–Crippen MR) is 104 cm³/mol. The van der Waals surface area contributed by atoms with Gasteiger partial charge in [-0.2, -0.15) is 11.8 Å². The second-order valence-corrected chi connectivity index (χ2v) is 7.26. The third-order valence-corrected chi connectivity index (χ3v) is 5.08. The monoisotopic (exact) mass is 382 g/mol. The zero-order valence-electron chi connectivity index (χ0n) is 15.1. The molecule has 6 nitrogen and oxygen atoms in total. The number of hydrogen-bond donors (Lipinski definition) is 2. The van der Waals surface area contributed by atoms with Crippen molar-refractivity contribution >= 4 is 29.3 Å². The number of nitrogens with zero attached hydrogens (tertiary/aromatic N) is 2. The summed E-state index contributed by atoms with van der Waals surface area (Å²) in [6.07, 6.45) is 2.88. The first-order chi connectivity index (χ1) is 12.5. The second-order valence-electron chi connectivity index (χ2n) is 6.27. The Bertz CT molecular complexity index is 591. The lowest BCUT2D eigenvalue weighted by atomic mass is 10.2. The van der Waals surface area contributed by atoms with Crippen molar-refractivity contribution in [2.24, 2.45) is 5.73 Å². The van der Waals surface area contributed by atoms with Crippen LogP contribution in [-0.4, -0.2) is 67.5 Å². The molecule has 0 spiro atoms. The maximum Gasteiger partial charge on any atom is 0.236 e. The van der Waals surface area contributed by atoms with E-state index in [0.29, 0.717) is 39.1 Å². The number of hydrogen-bond acceptors (Lipinski definition) is 5. The molecule has 1 fully saturated rings. The quantitative estimate of drug-likeness (QED) is 0.703. The van der Waals surface area contributed by atoms with Gasteiger partial charge in [0.1, 0.15) is 5.82 Å². The average molecular weight is 383 g/mol. The number of rotatable bonds is 8. The summed E-state index contributed by atoms with van der Waals surface area (Å²) >= 11 is 1.65. The number of halogens is 1. The molecule has 3 N–H and O–H groups in total. The van der Waals surface area contributed by atoms with Gasteiger partial charge in [0.15, 0.2) is 0 Å². The molecule has 26 heavy (non-hydrogen) atoms. The standard InChI is InChI=1S/C18H27FN4O2S/c1-26-13-7-16(20)18(25)21-8-6-17(24)23-11-9-22(10-12-23)15-4-2-14(19)3-5-15/h2-5,16H,6-13,20H2,1H3,(H,21,25)/t16-/m0/s1. The maximum absolute atomic E-state index is 13.0. The zero-order chi connectivity index (χ0) is 18.9. The molecule has 1 aromatic rings. The summed E-state index contributed by atoms with van der Waals surface area (Å²) < 4.78 is 13.0. The van der Waals surface area contributed by atoms with E-state index in [4.69, 9.17) is 5.73 Å². The molecule has 1 atom stereocenters. The van der Waals surface area contributed by atoms with Crippen LogP contribution in [0.5, 0.6) is 0 Å². The van der Waals surface area contributed by atoms with Crippen molar-refractivity contribution < 1.29 is 14.0 Å². The number of thioether (sulfide) groups is 1. The molecule has 0 radical (unpaired) electrons. The Kier molecular flexibility index (Phi) is 8.18. The predicted octanol–water partition coefficient (Wildman–Crippen LogP) is 1.06. The summed E-state index contributed by atoms with van der Waals surface area (Å²) in [6.45, 7) is 2.98. The number of nitrogens with two attached hydrogens (primary N) is 1. The van der Waals surface area contributed by atoms with E-state index < -0.39 is 6.04 Å². The van der Waals surface area contributed by atoms with Crippen LogP contribution < -0.4 is 16.0 Å². The largest absolute Gasteiger partial charge is 0.368 e. The Balaban J connectivity index is 1.68. The summed E-state index contributed by atoms with van der Waals surface area (Å²) in [7, 11) is 0. The molecular formula is C18H27FN4O2S. The van der Waals surface area contributed by atoms with Gasteiger partial charge in [0.2, 0.25) is 11.8 Å². The van der Waals surface area contributed by atoms with Crippen LogP contribution in [0.1, 0.15) is 12.8 Å². The van der Waals surface area contributed by atoms with Gasteiger partial charge in [-0.3, -0.25) is 9.59 Å². The van der Waals surface area contributed by atoms with E-state index in [9.17, 15) is 14.0 Å². The van der Waals surface area contributed by atoms with E-state index in [1.165, 1.54) is 12.1 Å². The van der Waals surface area contributed by atoms with Crippen LogP contribution in [0, 0.1) is 5.82 Å². The maximum atomic E-state index is 13.0. The molecule has 1 heterocycles. The minimum Gasteiger partial charge on any atom is -0.368 e. The first-order valence-corrected chi connectivity index (χ1v) is 10.2. The van der Waals surface area contributed by atoms with Crippen LogP contribution >= 0.6 is 11.8 Å². The molecule has 1 aromatic carbocycles. The van der Waals surface area contributed by atoms with Crippen LogP contribution in [0.3, 0.4) is 0 Å². The van der Waals surface area contributed by atoms with E-state index in [1.54, 1.807) is 28.8 Å². The molecular weight excluding hydrogens is 355 g/mol. The zero-order valence-corrected chi connectivity index (χ0v) is 15.9. The van der Waals surface area contributed by atoms with Gasteiger partial charge in [-0.25, -0.2) is 4.39 Å². The number of carbonyl (C=O) groups is 2. The van der Waals surface area contributed by atoms with Crippen molar-refractivity contribution in [3.05, 3.63) is 30.1 Å². The number of carbonyl (C=O) groups excluding carboxylic acids is 2. The van der Waals surface area contributed by atoms with Crippen LogP contribution in [0.2, 0.25) is 0 Å². The van der Waals surface area contributed by atoms with Crippen LogP contribution in [0.25, 0.3) is 0 Å². The van der Waals surface area contributed by atoms with E-state index >= 15 is 0 Å². The fraction of sp³-hybridized carbons (Fsp3) is 0.556. The summed E-state index contributed by atoms with van der Waals surface area (Å²) in [5.41, 5.74) is 6.76. The molecule has 0 aliphatic carbocycles. The van der Waals surface area contributed by atoms with E-state index in [2.05, 4.69) is 10.2 Å². The molecule has 0 bridgehead atoms. The highest BCUT2D eigenvalue weighted by molar-refractivity contribution is 7.98. The molecule has 0 saturated carbocycles. The molecule has 1 saturated heterocycles. The fourth-order valence-electron chi connectivity index (χ4n) is 2.82. The van der Waals surface area contributed by atoms with E-state index in [0.717, 1.165) is 11.4 Å². The molecule has 144 valence electrons. The molecule has 0 aromatic heterocycles. The third kappa shape index (κ3) is 6.17. The van der Waals surface area contributed by atoms with Gasteiger partial charge < -0.3 is 20.9 Å². The summed E-state index contributed by atoms with van der Waals surface area (Å²) in [5.74, 6) is 0.416. The molecule has 0 unspecified atom stereocenters. The summed E-state index contributed by atoms with van der Waals surface area (Å²) in [5, 5.41) is 2.73. The molecule has 1 aliphatic rings. The topological polar surface area (TPSA) is 78.7 Å². The van der Waals surface area contributed by atoms with Gasteiger partial charge in [0.25, 0.3) is 0 Å². The minimum absolute atomic E-state index is 0.0294. The number of benzene rings is 1. The van der Waals surface area contributed by atoms with Crippen molar-refractivity contribution in [2.75, 3.05) is 49.6 Å². The average Bonchev–Trinajstić information content (AvgIpc) is 2.66. The summed E-state index contributed by atoms with van der Waals surface area (Å²) in [4.78, 5) is 28.0. The third-order valence-electron chi connectivity index (χ3n) is 4.43. The number of nitrogens with one attached hydrogen (secondary N) is 1. The van der Waals surface area contributed by atoms with Crippen molar-refractivity contribution in [1.82, 2.24) is 10.2 Å². The number of piperazine rings is 1. The normalized spacial score (nSPS) is 15.7. The van der Waals surface area contributed by atoms with Crippen molar-refractivity contribution in [3.8, 4) is 0 Å². The Morgan fingerprint density at radius 3 is 2.50 bits per heavy atom. The highest BCUT2D eigenvalue weighted by Crippen LogP contribution is 2.17. The first-order valence-electron chi connectivity index (χ1n) is 8.82. The van der Waals surface area contributed by atoms with Crippen LogP contribution in [0.15, 0.2) is 24.3 Å². The molecule has 2 rings (SSSR count). The van der Waals surface area contributed by atoms with Gasteiger partial charge in [-0.1, -0.05) is 0 Å².